The van der Waals surface area contributed by atoms with Crippen molar-refractivity contribution in [1.29, 1.82) is 0 Å². The van der Waals surface area contributed by atoms with Gasteiger partial charge in [-0.2, -0.15) is 4.98 Å². The Kier molecular flexibility index (Phi) is 5.72. The van der Waals surface area contributed by atoms with E-state index in [1.165, 1.54) is 11.8 Å². The van der Waals surface area contributed by atoms with Crippen molar-refractivity contribution >= 4 is 11.8 Å². The highest BCUT2D eigenvalue weighted by Crippen LogP contribution is 2.22. The van der Waals surface area contributed by atoms with Gasteiger partial charge in [-0.3, -0.25) is 9.88 Å². The molecule has 0 aliphatic carbocycles. The number of halogens is 1. The Hall–Kier alpha value is -2.32. The molecule has 3 rings (SSSR count). The van der Waals surface area contributed by atoms with Gasteiger partial charge in [0.15, 0.2) is 11.6 Å². The van der Waals surface area contributed by atoms with Crippen molar-refractivity contribution in [2.45, 2.75) is 6.04 Å². The van der Waals surface area contributed by atoms with Gasteiger partial charge in [0.1, 0.15) is 0 Å². The molecular weight excluding hydrogens is 323 g/mol. The maximum absolute atomic E-state index is 13.8. The predicted molar refractivity (Wildman–Crippen MR) is 94.2 cm³/mol. The standard InChI is InChI=1S/C17H23FN6O/c1-23(2)16-14(18)11-20-17(22-16)21-12-15(13-3-5-19-6-4-13)24-7-9-25-10-8-24/h3-6,11,15H,7-10,12H2,1-2H3,(H,20,21,22)/t15-/m1/s1. The summed E-state index contributed by atoms with van der Waals surface area (Å²) in [6, 6.07) is 4.17. The molecule has 3 heterocycles. The molecule has 1 fully saturated rings. The molecule has 0 amide bonds. The maximum atomic E-state index is 13.8. The zero-order valence-corrected chi connectivity index (χ0v) is 14.5. The van der Waals surface area contributed by atoms with Crippen molar-refractivity contribution < 1.29 is 9.13 Å². The SMILES string of the molecule is CN(C)c1nc(NC[C@H](c2ccncc2)N2CCOCC2)ncc1F. The molecule has 0 bridgehead atoms. The van der Waals surface area contributed by atoms with Crippen molar-refractivity contribution in [3.63, 3.8) is 0 Å². The van der Waals surface area contributed by atoms with E-state index in [2.05, 4.69) is 25.2 Å². The van der Waals surface area contributed by atoms with E-state index in [1.807, 2.05) is 12.1 Å². The summed E-state index contributed by atoms with van der Waals surface area (Å²) < 4.78 is 19.2. The number of hydrogen-bond acceptors (Lipinski definition) is 7. The van der Waals surface area contributed by atoms with Crippen LogP contribution < -0.4 is 10.2 Å². The molecule has 2 aromatic rings. The quantitative estimate of drug-likeness (QED) is 0.851. The molecule has 0 unspecified atom stereocenters. The Morgan fingerprint density at radius 3 is 2.68 bits per heavy atom. The lowest BCUT2D eigenvalue weighted by molar-refractivity contribution is 0.0186. The Morgan fingerprint density at radius 2 is 2.00 bits per heavy atom. The lowest BCUT2D eigenvalue weighted by atomic mass is 10.1. The summed E-state index contributed by atoms with van der Waals surface area (Å²) in [7, 11) is 3.51. The molecule has 1 saturated heterocycles. The normalized spacial score (nSPS) is 16.4. The highest BCUT2D eigenvalue weighted by Gasteiger charge is 2.23. The van der Waals surface area contributed by atoms with E-state index < -0.39 is 5.82 Å². The summed E-state index contributed by atoms with van der Waals surface area (Å²) in [5.74, 6) is 0.246. The Labute approximate surface area is 146 Å². The summed E-state index contributed by atoms with van der Waals surface area (Å²) in [6.07, 6.45) is 4.78. The lowest BCUT2D eigenvalue weighted by Crippen LogP contribution is -2.41. The van der Waals surface area contributed by atoms with E-state index in [-0.39, 0.29) is 11.9 Å². The third-order valence-corrected chi connectivity index (χ3v) is 4.18. The molecule has 0 saturated carbocycles. The number of pyridine rings is 1. The molecule has 2 aromatic heterocycles. The third-order valence-electron chi connectivity index (χ3n) is 4.18. The van der Waals surface area contributed by atoms with Crippen LogP contribution in [0.3, 0.4) is 0 Å². The van der Waals surface area contributed by atoms with Crippen LogP contribution in [0.5, 0.6) is 0 Å². The molecule has 134 valence electrons. The van der Waals surface area contributed by atoms with Crippen LogP contribution in [0.15, 0.2) is 30.7 Å². The van der Waals surface area contributed by atoms with Crippen molar-refractivity contribution in [1.82, 2.24) is 19.9 Å². The second-order valence-corrected chi connectivity index (χ2v) is 6.09. The van der Waals surface area contributed by atoms with E-state index in [0.29, 0.717) is 12.5 Å². The topological polar surface area (TPSA) is 66.4 Å². The smallest absolute Gasteiger partial charge is 0.224 e. The lowest BCUT2D eigenvalue weighted by Gasteiger charge is -2.34. The Morgan fingerprint density at radius 1 is 1.28 bits per heavy atom. The van der Waals surface area contributed by atoms with E-state index in [4.69, 9.17) is 4.74 Å². The van der Waals surface area contributed by atoms with E-state index >= 15 is 0 Å². The number of anilines is 2. The number of nitrogens with one attached hydrogen (secondary N) is 1. The van der Waals surface area contributed by atoms with Crippen molar-refractivity contribution in [3.8, 4) is 0 Å². The molecule has 1 N–H and O–H groups in total. The Bertz CT molecular complexity index is 678. The number of hydrogen-bond donors (Lipinski definition) is 1. The van der Waals surface area contributed by atoms with Gasteiger partial charge < -0.3 is 15.0 Å². The van der Waals surface area contributed by atoms with Gasteiger partial charge in [-0.05, 0) is 17.7 Å². The average Bonchev–Trinajstić information content (AvgIpc) is 2.65. The van der Waals surface area contributed by atoms with Gasteiger partial charge in [-0.1, -0.05) is 0 Å². The van der Waals surface area contributed by atoms with Gasteiger partial charge in [-0.25, -0.2) is 9.37 Å². The van der Waals surface area contributed by atoms with Crippen molar-refractivity contribution in [2.75, 3.05) is 57.2 Å². The highest BCUT2D eigenvalue weighted by atomic mass is 19.1. The molecule has 25 heavy (non-hydrogen) atoms. The van der Waals surface area contributed by atoms with Crippen LogP contribution in [0.1, 0.15) is 11.6 Å². The summed E-state index contributed by atoms with van der Waals surface area (Å²) >= 11 is 0. The number of nitrogens with zero attached hydrogens (tertiary/aromatic N) is 5. The molecule has 0 radical (unpaired) electrons. The summed E-state index contributed by atoms with van der Waals surface area (Å²) in [4.78, 5) is 16.4. The predicted octanol–water partition coefficient (Wildman–Crippen LogP) is 1.56. The van der Waals surface area contributed by atoms with E-state index in [0.717, 1.165) is 26.3 Å². The van der Waals surface area contributed by atoms with Crippen molar-refractivity contribution in [2.24, 2.45) is 0 Å². The molecule has 1 atom stereocenters. The van der Waals surface area contributed by atoms with Crippen LogP contribution in [0.4, 0.5) is 16.2 Å². The minimum Gasteiger partial charge on any atom is -0.379 e. The highest BCUT2D eigenvalue weighted by molar-refractivity contribution is 5.42. The zero-order valence-electron chi connectivity index (χ0n) is 14.5. The molecule has 0 aromatic carbocycles. The molecular formula is C17H23FN6O. The van der Waals surface area contributed by atoms with Crippen LogP contribution >= 0.6 is 0 Å². The van der Waals surface area contributed by atoms with Gasteiger partial charge in [0.2, 0.25) is 5.95 Å². The summed E-state index contributed by atoms with van der Waals surface area (Å²) in [6.45, 7) is 3.78. The molecule has 0 spiro atoms. The van der Waals surface area contributed by atoms with Gasteiger partial charge >= 0.3 is 0 Å². The fourth-order valence-electron chi connectivity index (χ4n) is 2.88. The molecule has 1 aliphatic heterocycles. The maximum Gasteiger partial charge on any atom is 0.224 e. The Balaban J connectivity index is 1.75. The van der Waals surface area contributed by atoms with Gasteiger partial charge in [-0.15, -0.1) is 0 Å². The second kappa shape index (κ2) is 8.17. The van der Waals surface area contributed by atoms with Gasteiger partial charge in [0.05, 0.1) is 25.5 Å². The third kappa shape index (κ3) is 4.40. The molecule has 1 aliphatic rings. The summed E-state index contributed by atoms with van der Waals surface area (Å²) in [5, 5.41) is 3.24. The monoisotopic (exact) mass is 346 g/mol. The van der Waals surface area contributed by atoms with E-state index in [1.54, 1.807) is 31.4 Å². The minimum absolute atomic E-state index is 0.142. The first-order chi connectivity index (χ1) is 12.1. The molecule has 8 heteroatoms. The number of rotatable bonds is 6. The number of ether oxygens (including phenoxy) is 1. The summed E-state index contributed by atoms with van der Waals surface area (Å²) in [5.41, 5.74) is 1.17. The van der Waals surface area contributed by atoms with Crippen LogP contribution in [0, 0.1) is 5.82 Å². The average molecular weight is 346 g/mol. The van der Waals surface area contributed by atoms with E-state index in [9.17, 15) is 4.39 Å². The number of morpholine rings is 1. The molecule has 7 nitrogen and oxygen atoms in total. The van der Waals surface area contributed by atoms with Crippen LogP contribution in [-0.4, -0.2) is 66.8 Å². The van der Waals surface area contributed by atoms with Crippen LogP contribution in [0.25, 0.3) is 0 Å². The zero-order chi connectivity index (χ0) is 17.6. The minimum atomic E-state index is -0.436. The van der Waals surface area contributed by atoms with Crippen LogP contribution in [0.2, 0.25) is 0 Å². The van der Waals surface area contributed by atoms with Gasteiger partial charge in [0, 0.05) is 46.1 Å². The second-order valence-electron chi connectivity index (χ2n) is 6.09. The first-order valence-electron chi connectivity index (χ1n) is 8.30. The fraction of sp³-hybridized carbons (Fsp3) is 0.471. The largest absolute Gasteiger partial charge is 0.379 e. The first-order valence-corrected chi connectivity index (χ1v) is 8.30. The first kappa shape index (κ1) is 17.5. The van der Waals surface area contributed by atoms with Gasteiger partial charge in [0.25, 0.3) is 0 Å². The number of aromatic nitrogens is 3. The fourth-order valence-corrected chi connectivity index (χ4v) is 2.88. The van der Waals surface area contributed by atoms with Crippen molar-refractivity contribution in [3.05, 3.63) is 42.1 Å². The van der Waals surface area contributed by atoms with Crippen LogP contribution in [-0.2, 0) is 4.74 Å².